The largest absolute Gasteiger partial charge is 0.446 e. The minimum atomic E-state index is -2.16. The van der Waals surface area contributed by atoms with Crippen LogP contribution >= 0.6 is 0 Å². The highest BCUT2D eigenvalue weighted by Gasteiger charge is 2.55. The monoisotopic (exact) mass is 328 g/mol. The summed E-state index contributed by atoms with van der Waals surface area (Å²) in [5, 5.41) is 20.8. The van der Waals surface area contributed by atoms with E-state index in [9.17, 15) is 19.8 Å². The van der Waals surface area contributed by atoms with Gasteiger partial charge < -0.3 is 19.7 Å². The van der Waals surface area contributed by atoms with Gasteiger partial charge in [0.25, 0.3) is 5.79 Å². The zero-order valence-electron chi connectivity index (χ0n) is 14.5. The number of carbonyl (C=O) groups is 2. The van der Waals surface area contributed by atoms with E-state index in [-0.39, 0.29) is 24.0 Å². The lowest BCUT2D eigenvalue weighted by Gasteiger charge is -2.43. The van der Waals surface area contributed by atoms with E-state index >= 15 is 0 Å². The first kappa shape index (κ1) is 21.3. The second-order valence-electron chi connectivity index (χ2n) is 5.73. The maximum absolute atomic E-state index is 11.9. The van der Waals surface area contributed by atoms with Crippen molar-refractivity contribution in [1.29, 1.82) is 0 Å². The van der Waals surface area contributed by atoms with Gasteiger partial charge in [0.05, 0.1) is 6.61 Å². The normalized spacial score (nSPS) is 15.9. The molecule has 0 aliphatic heterocycles. The average molecular weight is 328 g/mol. The molecule has 2 N–H and O–H groups in total. The Balaban J connectivity index is 5.80. The molecule has 0 saturated heterocycles. The van der Waals surface area contributed by atoms with E-state index in [0.717, 1.165) is 0 Å². The summed E-state index contributed by atoms with van der Waals surface area (Å²) in [6.45, 7) is 12.7. The minimum Gasteiger partial charge on any atom is -0.446 e. The molecule has 2 atom stereocenters. The van der Waals surface area contributed by atoms with E-state index in [2.05, 4.69) is 13.2 Å². The Morgan fingerprint density at radius 1 is 1.04 bits per heavy atom. The number of esters is 2. The highest BCUT2D eigenvalue weighted by atomic mass is 16.7. The van der Waals surface area contributed by atoms with E-state index in [4.69, 9.17) is 9.47 Å². The molecule has 0 saturated carbocycles. The van der Waals surface area contributed by atoms with Crippen molar-refractivity contribution in [2.75, 3.05) is 6.61 Å². The molecule has 0 aliphatic carbocycles. The van der Waals surface area contributed by atoms with E-state index in [0.29, 0.717) is 12.8 Å². The molecule has 0 aromatic rings. The third-order valence-corrected chi connectivity index (χ3v) is 3.65. The Kier molecular flexibility index (Phi) is 8.20. The van der Waals surface area contributed by atoms with E-state index in [1.54, 1.807) is 6.92 Å². The summed E-state index contributed by atoms with van der Waals surface area (Å²) in [5.74, 6) is -3.75. The van der Waals surface area contributed by atoms with Crippen molar-refractivity contribution in [3.05, 3.63) is 24.3 Å². The molecule has 0 aromatic carbocycles. The average Bonchev–Trinajstić information content (AvgIpc) is 2.49. The molecule has 2 unspecified atom stereocenters. The van der Waals surface area contributed by atoms with Gasteiger partial charge in [-0.25, -0.2) is 9.59 Å². The fourth-order valence-corrected chi connectivity index (χ4v) is 1.99. The number of rotatable bonds is 10. The molecule has 6 nitrogen and oxygen atoms in total. The second-order valence-corrected chi connectivity index (χ2v) is 5.73. The molecule has 23 heavy (non-hydrogen) atoms. The molecule has 0 spiro atoms. The third kappa shape index (κ3) is 5.18. The molecule has 0 aromatic heterocycles. The van der Waals surface area contributed by atoms with Gasteiger partial charge >= 0.3 is 11.9 Å². The molecule has 0 amide bonds. The molecule has 132 valence electrons. The Hall–Kier alpha value is -1.66. The van der Waals surface area contributed by atoms with Crippen LogP contribution in [0.1, 0.15) is 53.4 Å². The number of aliphatic hydroxyl groups is 2. The topological polar surface area (TPSA) is 93.1 Å². The van der Waals surface area contributed by atoms with Crippen LogP contribution in [-0.2, 0) is 19.1 Å². The van der Waals surface area contributed by atoms with Gasteiger partial charge in [0, 0.05) is 17.6 Å². The van der Waals surface area contributed by atoms with Gasteiger partial charge in [-0.2, -0.15) is 0 Å². The van der Waals surface area contributed by atoms with Gasteiger partial charge in [-0.05, 0) is 26.7 Å². The smallest absolute Gasteiger partial charge is 0.335 e. The third-order valence-electron chi connectivity index (χ3n) is 3.65. The number of ether oxygens (including phenoxy) is 2. The van der Waals surface area contributed by atoms with Gasteiger partial charge in [-0.1, -0.05) is 33.4 Å². The summed E-state index contributed by atoms with van der Waals surface area (Å²) >= 11 is 0. The van der Waals surface area contributed by atoms with Crippen LogP contribution in [0.2, 0.25) is 0 Å². The molecule has 0 bridgehead atoms. The van der Waals surface area contributed by atoms with Crippen LogP contribution in [0.3, 0.4) is 0 Å². The molecular formula is C17H28O6. The van der Waals surface area contributed by atoms with Crippen molar-refractivity contribution >= 4 is 11.9 Å². The van der Waals surface area contributed by atoms with Crippen LogP contribution in [0.5, 0.6) is 0 Å². The maximum atomic E-state index is 11.9. The van der Waals surface area contributed by atoms with Crippen LogP contribution in [0.25, 0.3) is 0 Å². The summed E-state index contributed by atoms with van der Waals surface area (Å²) in [6, 6.07) is 0. The fraction of sp³-hybridized carbons (Fsp3) is 0.647. The zero-order chi connectivity index (χ0) is 18.3. The van der Waals surface area contributed by atoms with Gasteiger partial charge in [-0.3, -0.25) is 0 Å². The van der Waals surface area contributed by atoms with Crippen molar-refractivity contribution in [1.82, 2.24) is 0 Å². The number of carbonyl (C=O) groups excluding carboxylic acids is 2. The summed E-state index contributed by atoms with van der Waals surface area (Å²) in [5.41, 5.74) is -1.57. The first-order chi connectivity index (χ1) is 10.6. The van der Waals surface area contributed by atoms with Crippen LogP contribution in [-0.4, -0.2) is 40.1 Å². The van der Waals surface area contributed by atoms with Gasteiger partial charge in [-0.15, -0.1) is 0 Å². The van der Waals surface area contributed by atoms with Crippen molar-refractivity contribution in [3.8, 4) is 0 Å². The molecule has 0 radical (unpaired) electrons. The Morgan fingerprint density at radius 3 is 1.87 bits per heavy atom. The highest BCUT2D eigenvalue weighted by molar-refractivity contribution is 5.88. The maximum Gasteiger partial charge on any atom is 0.335 e. The predicted molar refractivity (Wildman–Crippen MR) is 86.4 cm³/mol. The summed E-state index contributed by atoms with van der Waals surface area (Å²) in [7, 11) is 0. The molecule has 0 heterocycles. The van der Waals surface area contributed by atoms with Crippen molar-refractivity contribution in [3.63, 3.8) is 0 Å². The van der Waals surface area contributed by atoms with Gasteiger partial charge in [0.15, 0.2) is 5.60 Å². The van der Waals surface area contributed by atoms with Crippen molar-refractivity contribution in [2.45, 2.75) is 64.8 Å². The number of hydrogen-bond acceptors (Lipinski definition) is 6. The van der Waals surface area contributed by atoms with Gasteiger partial charge in [0.1, 0.15) is 0 Å². The number of aliphatic hydroxyl groups excluding tert-OH is 1. The predicted octanol–water partition coefficient (Wildman–Crippen LogP) is 2.24. The molecule has 0 aliphatic rings. The lowest BCUT2D eigenvalue weighted by Crippen LogP contribution is -2.61. The fourth-order valence-electron chi connectivity index (χ4n) is 1.99. The van der Waals surface area contributed by atoms with Crippen LogP contribution in [0, 0.1) is 0 Å². The summed E-state index contributed by atoms with van der Waals surface area (Å²) in [4.78, 5) is 23.8. The number of hydrogen-bond donors (Lipinski definition) is 2. The molecule has 6 heteroatoms. The summed E-state index contributed by atoms with van der Waals surface area (Å²) < 4.78 is 10.5. The molecule has 0 fully saturated rings. The van der Waals surface area contributed by atoms with E-state index in [1.165, 1.54) is 13.8 Å². The second kappa shape index (κ2) is 8.84. The Bertz CT molecular complexity index is 464. The molecule has 0 rings (SSSR count). The van der Waals surface area contributed by atoms with Crippen LogP contribution in [0.4, 0.5) is 0 Å². The highest BCUT2D eigenvalue weighted by Crippen LogP contribution is 2.36. The van der Waals surface area contributed by atoms with Crippen LogP contribution in [0.15, 0.2) is 24.3 Å². The minimum absolute atomic E-state index is 0.0143. The Morgan fingerprint density at radius 2 is 1.52 bits per heavy atom. The first-order valence-electron chi connectivity index (χ1n) is 7.70. The Labute approximate surface area is 137 Å². The van der Waals surface area contributed by atoms with Gasteiger partial charge in [0.2, 0.25) is 0 Å². The van der Waals surface area contributed by atoms with E-state index < -0.39 is 29.9 Å². The molecular weight excluding hydrogens is 300 g/mol. The quantitative estimate of drug-likeness (QED) is 0.363. The van der Waals surface area contributed by atoms with E-state index in [1.807, 2.05) is 6.92 Å². The summed E-state index contributed by atoms with van der Waals surface area (Å²) in [6.07, 6.45) is 1.28. The standard InChI is InChI=1S/C17H28O6/c1-7-9-10-17(21,23-15(20)13(5)6)16(8-2,11-18)22-14(19)12(3)4/h18,21H,3,5,7-11H2,1-2,4,6H3. The SMILES string of the molecule is C=C(C)C(=O)OC(O)(CCCC)C(CC)(CO)OC(=O)C(=C)C. The van der Waals surface area contributed by atoms with Crippen molar-refractivity contribution in [2.24, 2.45) is 0 Å². The lowest BCUT2D eigenvalue weighted by atomic mass is 9.86. The number of unbranched alkanes of at least 4 members (excludes halogenated alkanes) is 1. The van der Waals surface area contributed by atoms with Crippen LogP contribution < -0.4 is 0 Å². The zero-order valence-corrected chi connectivity index (χ0v) is 14.5. The van der Waals surface area contributed by atoms with Crippen molar-refractivity contribution < 1.29 is 29.3 Å². The first-order valence-corrected chi connectivity index (χ1v) is 7.70. The lowest BCUT2D eigenvalue weighted by molar-refractivity contribution is -0.300.